The zero-order chi connectivity index (χ0) is 27.5. The van der Waals surface area contributed by atoms with Crippen molar-refractivity contribution in [2.45, 2.75) is 78.0 Å². The Morgan fingerprint density at radius 1 is 0.946 bits per heavy atom. The second-order valence-corrected chi connectivity index (χ2v) is 15.7. The summed E-state index contributed by atoms with van der Waals surface area (Å²) in [5, 5.41) is 2.27. The van der Waals surface area contributed by atoms with Crippen molar-refractivity contribution >= 4 is 24.8 Å². The Hall–Kier alpha value is -2.59. The molecule has 0 saturated heterocycles. The lowest BCUT2D eigenvalue weighted by Gasteiger charge is -2.44. The number of amides is 1. The van der Waals surface area contributed by atoms with Gasteiger partial charge < -0.3 is 18.8 Å². The van der Waals surface area contributed by atoms with Crippen LogP contribution in [-0.2, 0) is 13.9 Å². The van der Waals surface area contributed by atoms with Gasteiger partial charge in [0, 0.05) is 19.6 Å². The van der Waals surface area contributed by atoms with Crippen LogP contribution in [-0.4, -0.2) is 57.3 Å². The van der Waals surface area contributed by atoms with E-state index in [1.165, 1.54) is 10.4 Å². The summed E-state index contributed by atoms with van der Waals surface area (Å²) < 4.78 is 18.6. The molecule has 1 amide bonds. The lowest BCUT2D eigenvalue weighted by molar-refractivity contribution is 0.00378. The van der Waals surface area contributed by atoms with Gasteiger partial charge in [-0.15, -0.1) is 12.3 Å². The van der Waals surface area contributed by atoms with Gasteiger partial charge in [0.25, 0.3) is 8.32 Å². The number of carbonyl (C=O) groups is 1. The van der Waals surface area contributed by atoms with Crippen LogP contribution in [0.3, 0.4) is 0 Å². The second kappa shape index (κ2) is 13.8. The van der Waals surface area contributed by atoms with Gasteiger partial charge in [-0.1, -0.05) is 81.4 Å². The van der Waals surface area contributed by atoms with E-state index in [1.807, 2.05) is 39.8 Å². The predicted molar refractivity (Wildman–Crippen MR) is 155 cm³/mol. The number of terminal acetylenes is 1. The summed E-state index contributed by atoms with van der Waals surface area (Å²) in [6, 6.07) is 20.8. The Kier molecular flexibility index (Phi) is 11.4. The molecule has 2 aromatic carbocycles. The molecule has 6 heteroatoms. The number of hydrogen-bond acceptors (Lipinski definition) is 4. The maximum atomic E-state index is 13.2. The van der Waals surface area contributed by atoms with Crippen LogP contribution in [0, 0.1) is 12.3 Å². The van der Waals surface area contributed by atoms with E-state index >= 15 is 0 Å². The average Bonchev–Trinajstić information content (AvgIpc) is 2.83. The lowest BCUT2D eigenvalue weighted by atomic mass is 10.2. The first-order valence-corrected chi connectivity index (χ1v) is 15.1. The van der Waals surface area contributed by atoms with Crippen LogP contribution in [0.2, 0.25) is 5.04 Å². The van der Waals surface area contributed by atoms with Crippen molar-refractivity contribution in [1.82, 2.24) is 4.90 Å². The Labute approximate surface area is 225 Å². The predicted octanol–water partition coefficient (Wildman–Crippen LogP) is 5.62. The van der Waals surface area contributed by atoms with E-state index in [1.54, 1.807) is 4.90 Å². The summed E-state index contributed by atoms with van der Waals surface area (Å²) in [4.78, 5) is 14.9. The molecule has 0 radical (unpaired) electrons. The quantitative estimate of drug-likeness (QED) is 0.206. The van der Waals surface area contributed by atoms with Gasteiger partial charge in [-0.3, -0.25) is 0 Å². The number of unbranched alkanes of at least 4 members (excludes halogenated alkanes) is 1. The van der Waals surface area contributed by atoms with E-state index in [0.29, 0.717) is 32.8 Å². The highest BCUT2D eigenvalue weighted by Gasteiger charge is 2.50. The Morgan fingerprint density at radius 2 is 1.49 bits per heavy atom. The average molecular weight is 524 g/mol. The van der Waals surface area contributed by atoms with Crippen molar-refractivity contribution in [3.8, 4) is 12.3 Å². The summed E-state index contributed by atoms with van der Waals surface area (Å²) in [5.41, 5.74) is -0.596. The summed E-state index contributed by atoms with van der Waals surface area (Å²) in [6.07, 6.45) is 6.44. The molecule has 0 aliphatic heterocycles. The van der Waals surface area contributed by atoms with Gasteiger partial charge in [0.2, 0.25) is 0 Å². The van der Waals surface area contributed by atoms with Crippen LogP contribution < -0.4 is 10.4 Å². The first-order valence-electron chi connectivity index (χ1n) is 13.2. The van der Waals surface area contributed by atoms with Crippen molar-refractivity contribution in [3.05, 3.63) is 60.7 Å². The van der Waals surface area contributed by atoms with E-state index in [9.17, 15) is 4.79 Å². The molecule has 0 fully saturated rings. The van der Waals surface area contributed by atoms with Crippen molar-refractivity contribution in [1.29, 1.82) is 0 Å². The minimum absolute atomic E-state index is 0.147. The van der Waals surface area contributed by atoms with Crippen molar-refractivity contribution in [3.63, 3.8) is 0 Å². The van der Waals surface area contributed by atoms with Crippen LogP contribution in [0.4, 0.5) is 4.79 Å². The molecule has 0 aromatic heterocycles. The standard InChI is InChI=1S/C31H45NO4Si/c1-9-10-17-23-34-24-22-32(29(33)36-30(3,4)5)26(2)25-35-37(31(6,7)8,27-18-13-11-14-19-27)28-20-15-12-16-21-28/h1,11-16,18-21,26H,10,17,22-25H2,2-8H3/t26-/m0/s1. The van der Waals surface area contributed by atoms with E-state index < -0.39 is 13.9 Å². The molecule has 2 rings (SSSR count). The fourth-order valence-electron chi connectivity index (χ4n) is 4.45. The highest BCUT2D eigenvalue weighted by atomic mass is 28.4. The van der Waals surface area contributed by atoms with Gasteiger partial charge in [-0.25, -0.2) is 4.79 Å². The lowest BCUT2D eigenvalue weighted by Crippen LogP contribution is -2.67. The van der Waals surface area contributed by atoms with E-state index in [4.69, 9.17) is 20.3 Å². The smallest absolute Gasteiger partial charge is 0.410 e. The first kappa shape index (κ1) is 30.6. The van der Waals surface area contributed by atoms with Gasteiger partial charge >= 0.3 is 6.09 Å². The maximum absolute atomic E-state index is 13.2. The molecular formula is C31H45NO4Si. The Bertz CT molecular complexity index is 950. The molecule has 0 unspecified atom stereocenters. The minimum Gasteiger partial charge on any atom is -0.444 e. The molecule has 0 aliphatic carbocycles. The molecule has 2 aromatic rings. The van der Waals surface area contributed by atoms with Crippen molar-refractivity contribution in [2.75, 3.05) is 26.4 Å². The Balaban J connectivity index is 2.33. The van der Waals surface area contributed by atoms with Gasteiger partial charge in [0.15, 0.2) is 0 Å². The zero-order valence-corrected chi connectivity index (χ0v) is 24.8. The van der Waals surface area contributed by atoms with Crippen molar-refractivity contribution < 1.29 is 18.7 Å². The molecule has 1 atom stereocenters. The van der Waals surface area contributed by atoms with Crippen LogP contribution in [0.25, 0.3) is 0 Å². The number of rotatable bonds is 12. The molecule has 0 N–H and O–H groups in total. The van der Waals surface area contributed by atoms with Gasteiger partial charge in [0.05, 0.1) is 19.3 Å². The number of carbonyl (C=O) groups excluding carboxylic acids is 1. The largest absolute Gasteiger partial charge is 0.444 e. The summed E-state index contributed by atoms with van der Waals surface area (Å²) >= 11 is 0. The Morgan fingerprint density at radius 3 is 1.95 bits per heavy atom. The molecular weight excluding hydrogens is 478 g/mol. The zero-order valence-electron chi connectivity index (χ0n) is 23.8. The molecule has 0 spiro atoms. The normalized spacial score (nSPS) is 13.0. The number of ether oxygens (including phenoxy) is 2. The summed E-state index contributed by atoms with van der Waals surface area (Å²) in [7, 11) is -2.72. The summed E-state index contributed by atoms with van der Waals surface area (Å²) in [6.45, 7) is 16.2. The topological polar surface area (TPSA) is 48.0 Å². The monoisotopic (exact) mass is 523 g/mol. The first-order chi connectivity index (χ1) is 17.4. The highest BCUT2D eigenvalue weighted by molar-refractivity contribution is 6.99. The second-order valence-electron chi connectivity index (χ2n) is 11.4. The third-order valence-electron chi connectivity index (χ3n) is 6.20. The summed E-state index contributed by atoms with van der Waals surface area (Å²) in [5.74, 6) is 2.62. The highest BCUT2D eigenvalue weighted by Crippen LogP contribution is 2.37. The minimum atomic E-state index is -2.72. The van der Waals surface area contributed by atoms with E-state index in [2.05, 4.69) is 75.2 Å². The molecule has 37 heavy (non-hydrogen) atoms. The van der Waals surface area contributed by atoms with Gasteiger partial charge in [-0.2, -0.15) is 0 Å². The maximum Gasteiger partial charge on any atom is 0.410 e. The van der Waals surface area contributed by atoms with Crippen LogP contribution in [0.5, 0.6) is 0 Å². The van der Waals surface area contributed by atoms with Gasteiger partial charge in [-0.05, 0) is 49.5 Å². The molecule has 5 nitrogen and oxygen atoms in total. The van der Waals surface area contributed by atoms with Gasteiger partial charge in [0.1, 0.15) is 5.60 Å². The van der Waals surface area contributed by atoms with E-state index in [-0.39, 0.29) is 17.2 Å². The SMILES string of the molecule is C#CCCCOCCN(C(=O)OC(C)(C)C)[C@@H](C)CO[Si](c1ccccc1)(c1ccccc1)C(C)(C)C. The molecule has 0 heterocycles. The number of nitrogens with zero attached hydrogens (tertiary/aromatic N) is 1. The van der Waals surface area contributed by atoms with Crippen molar-refractivity contribution in [2.24, 2.45) is 0 Å². The molecule has 202 valence electrons. The van der Waals surface area contributed by atoms with Crippen LogP contribution in [0.15, 0.2) is 60.7 Å². The third-order valence-corrected chi connectivity index (χ3v) is 11.2. The molecule has 0 bridgehead atoms. The van der Waals surface area contributed by atoms with Crippen LogP contribution in [0.1, 0.15) is 61.3 Å². The number of benzene rings is 2. The van der Waals surface area contributed by atoms with E-state index in [0.717, 1.165) is 6.42 Å². The number of hydrogen-bond donors (Lipinski definition) is 0. The fourth-order valence-corrected chi connectivity index (χ4v) is 9.10. The van der Waals surface area contributed by atoms with Crippen LogP contribution >= 0.6 is 0 Å². The fraction of sp³-hybridized carbons (Fsp3) is 0.516. The molecule has 0 aliphatic rings. The molecule has 0 saturated carbocycles. The third kappa shape index (κ3) is 8.74.